The van der Waals surface area contributed by atoms with Crippen molar-refractivity contribution in [1.82, 2.24) is 24.6 Å². The third-order valence-corrected chi connectivity index (χ3v) is 6.86. The molecule has 1 amide bonds. The molecule has 0 aliphatic carbocycles. The molecule has 1 N–H and O–H groups in total. The van der Waals surface area contributed by atoms with Crippen molar-refractivity contribution >= 4 is 11.7 Å². The number of hydrogen-bond acceptors (Lipinski definition) is 4. The summed E-state index contributed by atoms with van der Waals surface area (Å²) in [6.07, 6.45) is 7.90. The zero-order valence-corrected chi connectivity index (χ0v) is 16.8. The number of nitrogens with zero attached hydrogens (tertiary/aromatic N) is 4. The number of imidazole rings is 1. The van der Waals surface area contributed by atoms with E-state index in [0.717, 1.165) is 68.0 Å². The lowest BCUT2D eigenvalue weighted by atomic mass is 9.68. The van der Waals surface area contributed by atoms with Crippen LogP contribution in [0.4, 0.5) is 0 Å². The Labute approximate surface area is 171 Å². The first-order valence-electron chi connectivity index (χ1n) is 10.6. The molecule has 0 radical (unpaired) electrons. The molecule has 0 saturated carbocycles. The quantitative estimate of drug-likeness (QED) is 0.747. The predicted octanol–water partition coefficient (Wildman–Crippen LogP) is 3.28. The van der Waals surface area contributed by atoms with Crippen molar-refractivity contribution in [2.45, 2.75) is 45.2 Å². The maximum atomic E-state index is 12.9. The van der Waals surface area contributed by atoms with Gasteiger partial charge in [-0.3, -0.25) is 14.1 Å². The Hall–Kier alpha value is -2.73. The largest absolute Gasteiger partial charge is 0.356 e. The van der Waals surface area contributed by atoms with Gasteiger partial charge in [0.1, 0.15) is 0 Å². The molecule has 1 aromatic carbocycles. The van der Waals surface area contributed by atoms with E-state index in [9.17, 15) is 4.79 Å². The molecule has 2 fully saturated rings. The van der Waals surface area contributed by atoms with E-state index in [-0.39, 0.29) is 17.4 Å². The topological polar surface area (TPSA) is 62.5 Å². The summed E-state index contributed by atoms with van der Waals surface area (Å²) < 4.78 is 2.09. The summed E-state index contributed by atoms with van der Waals surface area (Å²) in [5.74, 6) is 0.959. The smallest absolute Gasteiger partial charge is 0.234 e. The highest BCUT2D eigenvalue weighted by molar-refractivity contribution is 5.84. The number of amides is 1. The molecule has 29 heavy (non-hydrogen) atoms. The maximum absolute atomic E-state index is 12.9. The fourth-order valence-electron chi connectivity index (χ4n) is 5.20. The molecule has 4 heterocycles. The molecule has 2 aliphatic rings. The van der Waals surface area contributed by atoms with Crippen molar-refractivity contribution in [3.8, 4) is 11.3 Å². The summed E-state index contributed by atoms with van der Waals surface area (Å²) in [6.45, 7) is 4.79. The van der Waals surface area contributed by atoms with Crippen LogP contribution in [-0.2, 0) is 11.3 Å². The Bertz CT molecular complexity index is 1030. The average molecular weight is 390 g/mol. The van der Waals surface area contributed by atoms with E-state index in [1.165, 1.54) is 0 Å². The molecule has 2 aromatic heterocycles. The lowest BCUT2D eigenvalue weighted by molar-refractivity contribution is -0.142. The number of hydrogen-bond donors (Lipinski definition) is 1. The maximum Gasteiger partial charge on any atom is 0.234 e. The number of benzene rings is 1. The Morgan fingerprint density at radius 3 is 2.83 bits per heavy atom. The zero-order chi connectivity index (χ0) is 19.8. The Kier molecular flexibility index (Phi) is 4.59. The highest BCUT2D eigenvalue weighted by Gasteiger charge is 2.48. The molecule has 3 aromatic rings. The highest BCUT2D eigenvalue weighted by atomic mass is 16.2. The van der Waals surface area contributed by atoms with Crippen molar-refractivity contribution in [3.63, 3.8) is 0 Å². The van der Waals surface area contributed by atoms with Gasteiger partial charge in [-0.05, 0) is 45.2 Å². The molecule has 2 saturated heterocycles. The monoisotopic (exact) mass is 389 g/mol. The van der Waals surface area contributed by atoms with Gasteiger partial charge in [0.25, 0.3) is 0 Å². The van der Waals surface area contributed by atoms with Gasteiger partial charge in [-0.2, -0.15) is 0 Å². The second-order valence-electron chi connectivity index (χ2n) is 8.33. The number of fused-ring (bicyclic) bond motifs is 1. The fraction of sp³-hybridized carbons (Fsp3) is 0.435. The molecular weight excluding hydrogens is 362 g/mol. The van der Waals surface area contributed by atoms with Crippen LogP contribution in [-0.4, -0.2) is 44.3 Å². The first-order valence-corrected chi connectivity index (χ1v) is 10.6. The van der Waals surface area contributed by atoms with E-state index < -0.39 is 0 Å². The van der Waals surface area contributed by atoms with Crippen molar-refractivity contribution < 1.29 is 4.79 Å². The summed E-state index contributed by atoms with van der Waals surface area (Å²) in [5.41, 5.74) is 2.95. The van der Waals surface area contributed by atoms with Gasteiger partial charge in [0, 0.05) is 37.1 Å². The Balaban J connectivity index is 1.54. The lowest BCUT2D eigenvalue weighted by Crippen LogP contribution is -2.59. The summed E-state index contributed by atoms with van der Waals surface area (Å²) in [4.78, 5) is 24.6. The van der Waals surface area contributed by atoms with E-state index in [4.69, 9.17) is 4.98 Å². The lowest BCUT2D eigenvalue weighted by Gasteiger charge is -2.49. The molecule has 2 aliphatic heterocycles. The Morgan fingerprint density at radius 1 is 1.17 bits per heavy atom. The third kappa shape index (κ3) is 3.02. The van der Waals surface area contributed by atoms with Crippen LogP contribution < -0.4 is 5.32 Å². The van der Waals surface area contributed by atoms with Crippen LogP contribution in [0.1, 0.15) is 38.3 Å². The van der Waals surface area contributed by atoms with E-state index >= 15 is 0 Å². The fourth-order valence-corrected chi connectivity index (χ4v) is 5.20. The minimum atomic E-state index is -0.262. The molecule has 0 unspecified atom stereocenters. The minimum absolute atomic E-state index is 0.197. The number of likely N-dealkylation sites (tertiary alicyclic amines) is 1. The normalized spacial score (nSPS) is 25.4. The first kappa shape index (κ1) is 18.3. The number of carbonyl (C=O) groups excluding carboxylic acids is 1. The predicted molar refractivity (Wildman–Crippen MR) is 112 cm³/mol. The number of aromatic nitrogens is 3. The van der Waals surface area contributed by atoms with Crippen molar-refractivity contribution in [3.05, 3.63) is 54.5 Å². The first-order chi connectivity index (χ1) is 14.2. The summed E-state index contributed by atoms with van der Waals surface area (Å²) in [7, 11) is 0. The second-order valence-corrected chi connectivity index (χ2v) is 8.33. The molecular formula is C23H27N5O. The zero-order valence-electron chi connectivity index (χ0n) is 16.8. The van der Waals surface area contributed by atoms with Crippen molar-refractivity contribution in [1.29, 1.82) is 0 Å². The van der Waals surface area contributed by atoms with Crippen LogP contribution in [0.5, 0.6) is 0 Å². The molecule has 5 rings (SSSR count). The van der Waals surface area contributed by atoms with Crippen LogP contribution in [0.25, 0.3) is 17.0 Å². The van der Waals surface area contributed by atoms with E-state index in [1.807, 2.05) is 30.5 Å². The van der Waals surface area contributed by atoms with Crippen molar-refractivity contribution in [2.75, 3.05) is 13.1 Å². The highest BCUT2D eigenvalue weighted by Crippen LogP contribution is 2.42. The van der Waals surface area contributed by atoms with Gasteiger partial charge >= 0.3 is 0 Å². The molecule has 6 heteroatoms. The molecule has 1 spiro atoms. The standard InChI is InChI=1S/C23H27N5O/c1-17-23(10-5-12-24-21(23)29)11-6-14-27(17)16-19-20(18-8-3-2-4-9-18)26-22-25-13-7-15-28(19)22/h2-4,7-9,13,15,17H,5-6,10-12,14,16H2,1H3,(H,24,29)/t17-,23+/m1/s1. The van der Waals surface area contributed by atoms with Gasteiger partial charge in [-0.15, -0.1) is 0 Å². The van der Waals surface area contributed by atoms with Gasteiger partial charge in [-0.1, -0.05) is 30.3 Å². The number of nitrogens with one attached hydrogen (secondary N) is 1. The van der Waals surface area contributed by atoms with E-state index in [1.54, 1.807) is 6.20 Å². The van der Waals surface area contributed by atoms with E-state index in [0.29, 0.717) is 0 Å². The van der Waals surface area contributed by atoms with Crippen LogP contribution >= 0.6 is 0 Å². The minimum Gasteiger partial charge on any atom is -0.356 e. The summed E-state index contributed by atoms with van der Waals surface area (Å²) in [5, 5.41) is 3.13. The van der Waals surface area contributed by atoms with Gasteiger partial charge in [0.05, 0.1) is 16.8 Å². The second kappa shape index (κ2) is 7.26. The van der Waals surface area contributed by atoms with Crippen LogP contribution in [0.15, 0.2) is 48.8 Å². The third-order valence-electron chi connectivity index (χ3n) is 6.86. The van der Waals surface area contributed by atoms with Gasteiger partial charge in [-0.25, -0.2) is 9.97 Å². The van der Waals surface area contributed by atoms with Crippen LogP contribution in [0.2, 0.25) is 0 Å². The molecule has 2 atom stereocenters. The van der Waals surface area contributed by atoms with Crippen molar-refractivity contribution in [2.24, 2.45) is 5.41 Å². The Morgan fingerprint density at radius 2 is 2.00 bits per heavy atom. The van der Waals surface area contributed by atoms with E-state index in [2.05, 4.69) is 38.7 Å². The van der Waals surface area contributed by atoms with Crippen LogP contribution in [0, 0.1) is 5.41 Å². The van der Waals surface area contributed by atoms with Crippen LogP contribution in [0.3, 0.4) is 0 Å². The molecule has 0 bridgehead atoms. The van der Waals surface area contributed by atoms with Gasteiger partial charge in [0.15, 0.2) is 0 Å². The van der Waals surface area contributed by atoms with Gasteiger partial charge in [0.2, 0.25) is 11.7 Å². The SMILES string of the molecule is C[C@H]1N(Cc2c(-c3ccccc3)nc3ncccn23)CCC[C@@]12CCCNC2=O. The number of piperidine rings is 2. The average Bonchev–Trinajstić information content (AvgIpc) is 3.12. The summed E-state index contributed by atoms with van der Waals surface area (Å²) >= 11 is 0. The van der Waals surface area contributed by atoms with Gasteiger partial charge < -0.3 is 5.32 Å². The molecule has 6 nitrogen and oxygen atoms in total. The molecule has 150 valence electrons. The summed E-state index contributed by atoms with van der Waals surface area (Å²) in [6, 6.07) is 12.4. The number of carbonyl (C=O) groups is 1. The number of rotatable bonds is 3.